The number of halogens is 1. The summed E-state index contributed by atoms with van der Waals surface area (Å²) in [5, 5.41) is 10.0. The molecule has 0 aliphatic carbocycles. The van der Waals surface area contributed by atoms with E-state index in [0.29, 0.717) is 13.0 Å². The van der Waals surface area contributed by atoms with Gasteiger partial charge in [0.05, 0.1) is 30.9 Å². The van der Waals surface area contributed by atoms with Crippen molar-refractivity contribution in [3.05, 3.63) is 65.2 Å². The third kappa shape index (κ3) is 3.65. The molecule has 3 aliphatic heterocycles. The summed E-state index contributed by atoms with van der Waals surface area (Å²) < 4.78 is 22.4. The predicted molar refractivity (Wildman–Crippen MR) is 134 cm³/mol. The number of benzene rings is 2. The minimum atomic E-state index is -3.33. The van der Waals surface area contributed by atoms with Crippen molar-refractivity contribution in [3.63, 3.8) is 0 Å². The van der Waals surface area contributed by atoms with E-state index in [4.69, 9.17) is 4.74 Å². The number of hydrogen-bond acceptors (Lipinski definition) is 4. The average Bonchev–Trinajstić information content (AvgIpc) is 3.25. The lowest BCUT2D eigenvalue weighted by molar-refractivity contribution is -0.150. The normalized spacial score (nSPS) is 30.1. The van der Waals surface area contributed by atoms with E-state index in [1.165, 1.54) is 0 Å². The monoisotopic (exact) mass is 496 g/mol. The first kappa shape index (κ1) is 24.2. The maximum Gasteiger partial charge on any atom is 0.264 e. The van der Waals surface area contributed by atoms with Gasteiger partial charge < -0.3 is 23.8 Å². The van der Waals surface area contributed by atoms with Crippen molar-refractivity contribution in [3.8, 4) is 0 Å². The summed E-state index contributed by atoms with van der Waals surface area (Å²) in [6, 6.07) is 15.1. The SMILES string of the molecule is C[C@@H]1[C@@H]([Si](C)(C)F)[C@H](CC(=O)N2Cc3ccccc3C[C@H]2CO)O[C@@]12C(=O)N(C)c1ccccc12. The molecule has 5 rings (SSSR count). The van der Waals surface area contributed by atoms with Gasteiger partial charge in [-0.2, -0.15) is 0 Å². The Hall–Kier alpha value is -2.55. The Kier molecular flexibility index (Phi) is 5.89. The van der Waals surface area contributed by atoms with Gasteiger partial charge in [0.1, 0.15) is 0 Å². The van der Waals surface area contributed by atoms with Crippen LogP contribution in [0.15, 0.2) is 48.5 Å². The fraction of sp³-hybridized carbons (Fsp3) is 0.481. The molecule has 1 fully saturated rings. The molecule has 0 aromatic heterocycles. The Morgan fingerprint density at radius 3 is 2.51 bits per heavy atom. The van der Waals surface area contributed by atoms with Gasteiger partial charge in [0.25, 0.3) is 5.91 Å². The van der Waals surface area contributed by atoms with Crippen LogP contribution in [0, 0.1) is 5.92 Å². The van der Waals surface area contributed by atoms with Crippen LogP contribution in [0.25, 0.3) is 0 Å². The van der Waals surface area contributed by atoms with Gasteiger partial charge in [-0.25, -0.2) is 0 Å². The highest BCUT2D eigenvalue weighted by Crippen LogP contribution is 2.59. The molecule has 3 aliphatic rings. The Morgan fingerprint density at radius 1 is 1.17 bits per heavy atom. The molecule has 3 heterocycles. The number of ether oxygens (including phenoxy) is 1. The topological polar surface area (TPSA) is 70.1 Å². The van der Waals surface area contributed by atoms with Crippen molar-refractivity contribution in [2.24, 2.45) is 5.92 Å². The van der Waals surface area contributed by atoms with Crippen LogP contribution in [0.1, 0.15) is 30.0 Å². The summed E-state index contributed by atoms with van der Waals surface area (Å²) in [6.45, 7) is 5.42. The van der Waals surface area contributed by atoms with Crippen molar-refractivity contribution < 1.29 is 23.5 Å². The molecule has 1 saturated heterocycles. The van der Waals surface area contributed by atoms with Crippen LogP contribution < -0.4 is 4.90 Å². The van der Waals surface area contributed by atoms with Crippen molar-refractivity contribution in [1.82, 2.24) is 4.90 Å². The number of amides is 2. The number of rotatable bonds is 4. The van der Waals surface area contributed by atoms with Gasteiger partial charge in [-0.3, -0.25) is 9.59 Å². The predicted octanol–water partition coefficient (Wildman–Crippen LogP) is 3.77. The minimum Gasteiger partial charge on any atom is -0.394 e. The van der Waals surface area contributed by atoms with Gasteiger partial charge in [-0.05, 0) is 36.7 Å². The first-order valence-corrected chi connectivity index (χ1v) is 15.3. The molecule has 2 aromatic carbocycles. The van der Waals surface area contributed by atoms with E-state index in [0.717, 1.165) is 22.4 Å². The van der Waals surface area contributed by atoms with Crippen LogP contribution in [0.2, 0.25) is 18.6 Å². The van der Waals surface area contributed by atoms with E-state index in [1.807, 2.05) is 55.5 Å². The zero-order valence-electron chi connectivity index (χ0n) is 20.7. The number of anilines is 1. The fourth-order valence-corrected chi connectivity index (χ4v) is 9.13. The van der Waals surface area contributed by atoms with Gasteiger partial charge >= 0.3 is 0 Å². The number of nitrogens with zero attached hydrogens (tertiary/aromatic N) is 2. The van der Waals surface area contributed by atoms with Crippen LogP contribution in [0.3, 0.4) is 0 Å². The highest BCUT2D eigenvalue weighted by Gasteiger charge is 2.66. The number of fused-ring (bicyclic) bond motifs is 3. The van der Waals surface area contributed by atoms with Crippen molar-refractivity contribution in [2.75, 3.05) is 18.6 Å². The lowest BCUT2D eigenvalue weighted by Gasteiger charge is -2.37. The number of carbonyl (C=O) groups is 2. The lowest BCUT2D eigenvalue weighted by atomic mass is 9.82. The van der Waals surface area contributed by atoms with Crippen LogP contribution >= 0.6 is 0 Å². The van der Waals surface area contributed by atoms with E-state index < -0.39 is 31.6 Å². The summed E-state index contributed by atoms with van der Waals surface area (Å²) in [6.07, 6.45) is -0.160. The quantitative estimate of drug-likeness (QED) is 0.517. The summed E-state index contributed by atoms with van der Waals surface area (Å²) >= 11 is 0. The second-order valence-corrected chi connectivity index (χ2v) is 14.5. The molecule has 1 N–H and O–H groups in total. The van der Waals surface area contributed by atoms with Gasteiger partial charge in [0, 0.05) is 30.6 Å². The molecule has 2 amide bonds. The molecule has 5 atom stereocenters. The zero-order valence-corrected chi connectivity index (χ0v) is 21.7. The number of aliphatic hydroxyl groups excluding tert-OH is 1. The molecule has 0 unspecified atom stereocenters. The maximum atomic E-state index is 15.8. The largest absolute Gasteiger partial charge is 0.394 e. The second kappa shape index (κ2) is 8.53. The van der Waals surface area contributed by atoms with Crippen LogP contribution in [-0.4, -0.2) is 56.0 Å². The molecule has 35 heavy (non-hydrogen) atoms. The second-order valence-electron chi connectivity index (χ2n) is 10.7. The van der Waals surface area contributed by atoms with Crippen LogP contribution in [0.4, 0.5) is 9.80 Å². The number of hydrogen-bond donors (Lipinski definition) is 1. The van der Waals surface area contributed by atoms with E-state index in [1.54, 1.807) is 29.9 Å². The van der Waals surface area contributed by atoms with Crippen molar-refractivity contribution >= 4 is 25.9 Å². The fourth-order valence-electron chi connectivity index (χ4n) is 6.64. The maximum absolute atomic E-state index is 15.8. The lowest BCUT2D eigenvalue weighted by Crippen LogP contribution is -2.48. The molecule has 0 radical (unpaired) electrons. The Bertz CT molecular complexity index is 1170. The average molecular weight is 497 g/mol. The molecule has 0 saturated carbocycles. The smallest absolute Gasteiger partial charge is 0.264 e. The summed E-state index contributed by atoms with van der Waals surface area (Å²) in [4.78, 5) is 30.5. The standard InChI is InChI=1S/C27H33FN2O4Si/c1-17-25(35(3,4)28)23(34-27(17)21-11-7-8-12-22(21)29(2)26(27)33)14-24(32)30-15-19-10-6-5-9-18(19)13-20(30)16-31/h5-12,17,20,23,25,31H,13-16H2,1-4H3/t17-,20+,23+,25-,27+/m1/s1. The van der Waals surface area contributed by atoms with E-state index in [9.17, 15) is 14.7 Å². The summed E-state index contributed by atoms with van der Waals surface area (Å²) in [5.41, 5.74) is 1.88. The molecule has 8 heteroatoms. The summed E-state index contributed by atoms with van der Waals surface area (Å²) in [7, 11) is -1.62. The highest BCUT2D eigenvalue weighted by molar-refractivity contribution is 6.72. The van der Waals surface area contributed by atoms with Gasteiger partial charge in [-0.15, -0.1) is 0 Å². The molecule has 0 bridgehead atoms. The third-order valence-electron chi connectivity index (χ3n) is 8.26. The molecule has 1 spiro atoms. The molecular formula is C27H33FN2O4Si. The number of carbonyl (C=O) groups excluding carboxylic acids is 2. The molecule has 186 valence electrons. The first-order chi connectivity index (χ1) is 16.6. The Morgan fingerprint density at radius 2 is 1.83 bits per heavy atom. The number of para-hydroxylation sites is 1. The third-order valence-corrected chi connectivity index (χ3v) is 10.7. The van der Waals surface area contributed by atoms with E-state index in [2.05, 4.69) is 0 Å². The highest BCUT2D eigenvalue weighted by atomic mass is 28.4. The number of aliphatic hydroxyl groups is 1. The molecule has 6 nitrogen and oxygen atoms in total. The molecular weight excluding hydrogens is 463 g/mol. The Labute approximate surface area is 206 Å². The first-order valence-electron chi connectivity index (χ1n) is 12.3. The minimum absolute atomic E-state index is 0.0189. The van der Waals surface area contributed by atoms with E-state index in [-0.39, 0.29) is 30.9 Å². The van der Waals surface area contributed by atoms with Crippen molar-refractivity contribution in [2.45, 2.75) is 62.7 Å². The van der Waals surface area contributed by atoms with Gasteiger partial charge in [-0.1, -0.05) is 49.4 Å². The number of likely N-dealkylation sites (N-methyl/N-ethyl adjacent to an activating group) is 1. The Balaban J connectivity index is 1.48. The van der Waals surface area contributed by atoms with Crippen LogP contribution in [0.5, 0.6) is 0 Å². The zero-order chi connectivity index (χ0) is 25.1. The van der Waals surface area contributed by atoms with Crippen LogP contribution in [-0.2, 0) is 32.9 Å². The van der Waals surface area contributed by atoms with Gasteiger partial charge in [0.15, 0.2) is 5.60 Å². The van der Waals surface area contributed by atoms with Gasteiger partial charge in [0.2, 0.25) is 14.3 Å². The summed E-state index contributed by atoms with van der Waals surface area (Å²) in [5.74, 6) is -0.797. The van der Waals surface area contributed by atoms with Crippen molar-refractivity contribution in [1.29, 1.82) is 0 Å². The van der Waals surface area contributed by atoms with E-state index >= 15 is 4.11 Å². The molecule has 2 aromatic rings.